The molecular formula is C20H26ClFO3Si. The lowest BCUT2D eigenvalue weighted by Gasteiger charge is -2.36. The molecule has 0 aliphatic carbocycles. The topological polar surface area (TPSA) is 38.7 Å². The van der Waals surface area contributed by atoms with Gasteiger partial charge in [0.1, 0.15) is 5.75 Å². The van der Waals surface area contributed by atoms with Crippen LogP contribution in [-0.4, -0.2) is 13.4 Å². The van der Waals surface area contributed by atoms with Crippen LogP contribution in [0.4, 0.5) is 4.39 Å². The van der Waals surface area contributed by atoms with Gasteiger partial charge >= 0.3 is 0 Å². The van der Waals surface area contributed by atoms with Gasteiger partial charge in [-0.15, -0.1) is 0 Å². The van der Waals surface area contributed by atoms with Crippen LogP contribution in [0.2, 0.25) is 23.2 Å². The Labute approximate surface area is 160 Å². The average Bonchev–Trinajstić information content (AvgIpc) is 2.55. The van der Waals surface area contributed by atoms with Crippen molar-refractivity contribution in [3.05, 3.63) is 58.4 Å². The second kappa shape index (κ2) is 8.09. The van der Waals surface area contributed by atoms with Gasteiger partial charge in [0.05, 0.1) is 18.2 Å². The molecule has 0 aliphatic heterocycles. The Balaban J connectivity index is 2.26. The first-order chi connectivity index (χ1) is 12.0. The molecule has 0 saturated heterocycles. The first-order valence-corrected chi connectivity index (χ1v) is 11.8. The van der Waals surface area contributed by atoms with Gasteiger partial charge in [0.2, 0.25) is 0 Å². The quantitative estimate of drug-likeness (QED) is 0.583. The first-order valence-electron chi connectivity index (χ1n) is 8.53. The van der Waals surface area contributed by atoms with Gasteiger partial charge in [-0.25, -0.2) is 4.39 Å². The molecule has 0 spiro atoms. The van der Waals surface area contributed by atoms with E-state index in [4.69, 9.17) is 20.8 Å². The predicted octanol–water partition coefficient (Wildman–Crippen LogP) is 6.29. The van der Waals surface area contributed by atoms with Crippen LogP contribution in [0.25, 0.3) is 0 Å². The monoisotopic (exact) mass is 396 g/mol. The summed E-state index contributed by atoms with van der Waals surface area (Å²) in [5.41, 5.74) is 1.58. The Morgan fingerprint density at radius 1 is 1.12 bits per heavy atom. The summed E-state index contributed by atoms with van der Waals surface area (Å²) in [6, 6.07) is 9.60. The van der Waals surface area contributed by atoms with Crippen LogP contribution in [0.1, 0.15) is 31.9 Å². The molecule has 0 heterocycles. The van der Waals surface area contributed by atoms with Crippen molar-refractivity contribution in [1.29, 1.82) is 0 Å². The van der Waals surface area contributed by atoms with Gasteiger partial charge in [-0.2, -0.15) is 0 Å². The van der Waals surface area contributed by atoms with E-state index in [0.717, 1.165) is 11.1 Å². The van der Waals surface area contributed by atoms with E-state index < -0.39 is 14.1 Å². The van der Waals surface area contributed by atoms with Crippen molar-refractivity contribution in [3.8, 4) is 11.5 Å². The number of hydrogen-bond donors (Lipinski definition) is 1. The molecule has 2 aromatic rings. The molecule has 0 unspecified atom stereocenters. The summed E-state index contributed by atoms with van der Waals surface area (Å²) in [5, 5.41) is 9.90. The van der Waals surface area contributed by atoms with Crippen molar-refractivity contribution in [2.75, 3.05) is 0 Å². The molecule has 2 aromatic carbocycles. The largest absolute Gasteiger partial charge is 0.453 e. The zero-order valence-corrected chi connectivity index (χ0v) is 17.7. The third-order valence-corrected chi connectivity index (χ3v) is 9.66. The summed E-state index contributed by atoms with van der Waals surface area (Å²) in [6.45, 7) is 11.1. The molecule has 0 bridgehead atoms. The molecule has 26 heavy (non-hydrogen) atoms. The second-order valence-electron chi connectivity index (χ2n) is 7.79. The standard InChI is InChI=1S/C20H26ClFO3Si/c1-20(2,3)26(4,5)24-13-15-11-16(10-9-14(15)12-23)25-19-17(21)7-6-8-18(19)22/h6-11,23H,12-13H2,1-5H3. The van der Waals surface area contributed by atoms with Crippen LogP contribution >= 0.6 is 11.6 Å². The Morgan fingerprint density at radius 2 is 1.81 bits per heavy atom. The molecule has 3 nitrogen and oxygen atoms in total. The molecule has 0 radical (unpaired) electrons. The number of halogens is 2. The van der Waals surface area contributed by atoms with Gasteiger partial charge in [-0.1, -0.05) is 44.5 Å². The van der Waals surface area contributed by atoms with Gasteiger partial charge < -0.3 is 14.3 Å². The van der Waals surface area contributed by atoms with Crippen molar-refractivity contribution in [3.63, 3.8) is 0 Å². The fourth-order valence-corrected chi connectivity index (χ4v) is 3.28. The molecule has 0 aliphatic rings. The third kappa shape index (κ3) is 4.85. The highest BCUT2D eigenvalue weighted by Crippen LogP contribution is 2.38. The molecule has 6 heteroatoms. The predicted molar refractivity (Wildman–Crippen MR) is 106 cm³/mol. The van der Waals surface area contributed by atoms with Gasteiger partial charge in [0.25, 0.3) is 0 Å². The lowest BCUT2D eigenvalue weighted by atomic mass is 10.1. The van der Waals surface area contributed by atoms with Crippen molar-refractivity contribution in [1.82, 2.24) is 0 Å². The van der Waals surface area contributed by atoms with Crippen LogP contribution in [0.15, 0.2) is 36.4 Å². The highest BCUT2D eigenvalue weighted by atomic mass is 35.5. The summed E-state index contributed by atoms with van der Waals surface area (Å²) in [6.07, 6.45) is 0. The zero-order chi connectivity index (χ0) is 19.5. The summed E-state index contributed by atoms with van der Waals surface area (Å²) in [4.78, 5) is 0. The van der Waals surface area contributed by atoms with Crippen LogP contribution in [0.3, 0.4) is 0 Å². The number of aliphatic hydroxyl groups is 1. The molecule has 0 fully saturated rings. The van der Waals surface area contributed by atoms with E-state index in [9.17, 15) is 9.50 Å². The molecule has 1 N–H and O–H groups in total. The number of ether oxygens (including phenoxy) is 1. The van der Waals surface area contributed by atoms with E-state index in [0.29, 0.717) is 12.4 Å². The van der Waals surface area contributed by atoms with Crippen LogP contribution in [0.5, 0.6) is 11.5 Å². The minimum absolute atomic E-state index is 0.0119. The van der Waals surface area contributed by atoms with Crippen molar-refractivity contribution >= 4 is 19.9 Å². The van der Waals surface area contributed by atoms with Crippen molar-refractivity contribution in [2.24, 2.45) is 0 Å². The summed E-state index contributed by atoms with van der Waals surface area (Å²) in [5.74, 6) is -0.0898. The number of para-hydroxylation sites is 1. The molecule has 0 atom stereocenters. The van der Waals surface area contributed by atoms with Crippen LogP contribution in [-0.2, 0) is 17.6 Å². The fraction of sp³-hybridized carbons (Fsp3) is 0.400. The number of hydrogen-bond acceptors (Lipinski definition) is 3. The van der Waals surface area contributed by atoms with Gasteiger partial charge in [0, 0.05) is 0 Å². The van der Waals surface area contributed by atoms with Crippen molar-refractivity contribution < 1.29 is 18.7 Å². The molecule has 2 rings (SSSR count). The van der Waals surface area contributed by atoms with Gasteiger partial charge in [-0.05, 0) is 53.5 Å². The maximum atomic E-state index is 13.9. The van der Waals surface area contributed by atoms with E-state index in [-0.39, 0.29) is 22.4 Å². The Kier molecular flexibility index (Phi) is 6.50. The van der Waals surface area contributed by atoms with Gasteiger partial charge in [-0.3, -0.25) is 0 Å². The lowest BCUT2D eigenvalue weighted by Crippen LogP contribution is -2.40. The highest BCUT2D eigenvalue weighted by Gasteiger charge is 2.37. The second-order valence-corrected chi connectivity index (χ2v) is 13.0. The third-order valence-electron chi connectivity index (χ3n) is 4.88. The molecule has 0 aromatic heterocycles. The van der Waals surface area contributed by atoms with E-state index in [1.807, 2.05) is 0 Å². The normalized spacial score (nSPS) is 12.3. The van der Waals surface area contributed by atoms with E-state index >= 15 is 0 Å². The number of rotatable bonds is 6. The molecule has 0 saturated carbocycles. The number of benzene rings is 2. The van der Waals surface area contributed by atoms with E-state index in [2.05, 4.69) is 33.9 Å². The molecule has 0 amide bonds. The Morgan fingerprint density at radius 3 is 2.38 bits per heavy atom. The number of aliphatic hydroxyl groups excluding tert-OH is 1. The Bertz CT molecular complexity index is 752. The van der Waals surface area contributed by atoms with Crippen LogP contribution < -0.4 is 4.74 Å². The maximum absolute atomic E-state index is 13.9. The maximum Gasteiger partial charge on any atom is 0.192 e. The highest BCUT2D eigenvalue weighted by molar-refractivity contribution is 6.74. The Hall–Kier alpha value is -1.40. The summed E-state index contributed by atoms with van der Waals surface area (Å²) < 4.78 is 25.8. The minimum Gasteiger partial charge on any atom is -0.453 e. The molecular weight excluding hydrogens is 371 g/mol. The average molecular weight is 397 g/mol. The summed E-state index contributed by atoms with van der Waals surface area (Å²) >= 11 is 6.02. The lowest BCUT2D eigenvalue weighted by molar-refractivity contribution is 0.258. The van der Waals surface area contributed by atoms with Crippen molar-refractivity contribution in [2.45, 2.75) is 52.1 Å². The first kappa shape index (κ1) is 20.9. The van der Waals surface area contributed by atoms with E-state index in [1.54, 1.807) is 24.3 Å². The SMILES string of the molecule is CC(C)(C)[Si](C)(C)OCc1cc(Oc2c(F)cccc2Cl)ccc1CO. The fourth-order valence-electron chi connectivity index (χ4n) is 2.13. The molecule has 142 valence electrons. The zero-order valence-electron chi connectivity index (χ0n) is 15.9. The summed E-state index contributed by atoms with van der Waals surface area (Å²) in [7, 11) is -1.94. The smallest absolute Gasteiger partial charge is 0.192 e. The van der Waals surface area contributed by atoms with Crippen LogP contribution in [0, 0.1) is 5.82 Å². The minimum atomic E-state index is -1.94. The van der Waals surface area contributed by atoms with E-state index in [1.165, 1.54) is 12.1 Å². The van der Waals surface area contributed by atoms with Gasteiger partial charge in [0.15, 0.2) is 19.9 Å².